The van der Waals surface area contributed by atoms with Crippen LogP contribution in [-0.4, -0.2) is 4.57 Å². The van der Waals surface area contributed by atoms with Gasteiger partial charge in [0.25, 0.3) is 0 Å². The van der Waals surface area contributed by atoms with Crippen molar-refractivity contribution in [3.63, 3.8) is 0 Å². The summed E-state index contributed by atoms with van der Waals surface area (Å²) in [5, 5.41) is 4.86. The molecule has 14 rings (SSSR count). The number of fused-ring (bicyclic) bond motifs is 14. The molecular weight excluding hydrogens is 823 g/mol. The molecule has 1 atom stereocenters. The highest BCUT2D eigenvalue weighted by atomic mass is 15.2. The number of benzene rings is 11. The summed E-state index contributed by atoms with van der Waals surface area (Å²) in [5.41, 5.74) is 19.9. The zero-order valence-electron chi connectivity index (χ0n) is 37.2. The summed E-state index contributed by atoms with van der Waals surface area (Å²) in [6.45, 7) is 0. The van der Waals surface area contributed by atoms with Crippen LogP contribution in [0.5, 0.6) is 0 Å². The topological polar surface area (TPSA) is 11.4 Å². The number of rotatable bonds is 7. The summed E-state index contributed by atoms with van der Waals surface area (Å²) in [6.07, 6.45) is 0. The minimum Gasteiger partial charge on any atom is -0.310 e. The van der Waals surface area contributed by atoms with E-state index in [0.29, 0.717) is 0 Å². The smallest absolute Gasteiger partial charge is 0.0746 e. The van der Waals surface area contributed by atoms with Crippen molar-refractivity contribution in [3.05, 3.63) is 283 Å². The molecule has 3 nitrogen and oxygen atoms in total. The molecule has 0 bridgehead atoms. The van der Waals surface area contributed by atoms with Crippen LogP contribution in [0, 0.1) is 0 Å². The van der Waals surface area contributed by atoms with Gasteiger partial charge in [0.1, 0.15) is 0 Å². The normalized spacial score (nSPS) is 14.2. The first kappa shape index (κ1) is 38.4. The number of para-hydroxylation sites is 4. The van der Waals surface area contributed by atoms with Gasteiger partial charge in [-0.2, -0.15) is 0 Å². The van der Waals surface area contributed by atoms with E-state index in [1.165, 1.54) is 82.8 Å². The SMILES string of the molecule is c1ccc(N(c2ccccc2)c2cccc3c2C2(c4ccccc4-c4cc(N(c5ccc6c7ccccc7n(-c7ccccc7)c6c5)c5cccc6ccccc56)ccc42)c2ccccc2-3)cc1. The predicted octanol–water partition coefficient (Wildman–Crippen LogP) is 17.2. The van der Waals surface area contributed by atoms with Gasteiger partial charge in [0.05, 0.1) is 27.8 Å². The van der Waals surface area contributed by atoms with Gasteiger partial charge < -0.3 is 14.4 Å². The molecule has 2 aliphatic carbocycles. The first-order valence-corrected chi connectivity index (χ1v) is 23.5. The molecule has 0 fully saturated rings. The van der Waals surface area contributed by atoms with Crippen molar-refractivity contribution in [1.82, 2.24) is 4.57 Å². The molecule has 1 aromatic heterocycles. The minimum atomic E-state index is -0.589. The van der Waals surface area contributed by atoms with E-state index in [1.807, 2.05) is 0 Å². The second-order valence-electron chi connectivity index (χ2n) is 18.0. The Bertz CT molecular complexity index is 3880. The Morgan fingerprint density at radius 3 is 1.54 bits per heavy atom. The van der Waals surface area contributed by atoms with Gasteiger partial charge in [-0.15, -0.1) is 0 Å². The van der Waals surface area contributed by atoms with E-state index in [9.17, 15) is 0 Å². The van der Waals surface area contributed by atoms with E-state index in [4.69, 9.17) is 0 Å². The van der Waals surface area contributed by atoms with Crippen LogP contribution in [0.1, 0.15) is 22.3 Å². The Kier molecular flexibility index (Phi) is 8.50. The summed E-state index contributed by atoms with van der Waals surface area (Å²) in [5.74, 6) is 0. The van der Waals surface area contributed by atoms with E-state index in [2.05, 4.69) is 275 Å². The third kappa shape index (κ3) is 5.47. The lowest BCUT2D eigenvalue weighted by Gasteiger charge is -2.36. The van der Waals surface area contributed by atoms with Crippen molar-refractivity contribution in [3.8, 4) is 27.9 Å². The van der Waals surface area contributed by atoms with Gasteiger partial charge in [-0.25, -0.2) is 0 Å². The Morgan fingerprint density at radius 1 is 0.294 bits per heavy atom. The molecule has 0 N–H and O–H groups in total. The van der Waals surface area contributed by atoms with E-state index in [-0.39, 0.29) is 0 Å². The van der Waals surface area contributed by atoms with Crippen LogP contribution in [0.4, 0.5) is 34.1 Å². The van der Waals surface area contributed by atoms with Gasteiger partial charge in [0.2, 0.25) is 0 Å². The minimum absolute atomic E-state index is 0.589. The molecule has 68 heavy (non-hydrogen) atoms. The van der Waals surface area contributed by atoms with Crippen LogP contribution in [-0.2, 0) is 5.41 Å². The first-order chi connectivity index (χ1) is 33.8. The summed E-state index contributed by atoms with van der Waals surface area (Å²) >= 11 is 0. The monoisotopic (exact) mass is 865 g/mol. The number of anilines is 6. The van der Waals surface area contributed by atoms with E-state index in [0.717, 1.165) is 34.1 Å². The standard InChI is InChI=1S/C65H43N3/c1-4-22-45(23-5-1)66(46-24-6-2-7-25-46)62-37-19-32-55-51-29-12-15-33-57(51)65(64(55)62)58-34-16-13-30-52(58)56-42-48(39-41-59(56)65)67(60-36-18-21-44-20-10-11-28-50(44)60)49-38-40-54-53-31-14-17-35-61(53)68(63(54)43-49)47-26-8-3-9-27-47/h1-43H. The highest BCUT2D eigenvalue weighted by Gasteiger charge is 2.53. The molecule has 2 aliphatic rings. The number of aromatic nitrogens is 1. The van der Waals surface area contributed by atoms with Crippen LogP contribution in [0.3, 0.4) is 0 Å². The summed E-state index contributed by atoms with van der Waals surface area (Å²) in [6, 6.07) is 96.1. The fraction of sp³-hybridized carbons (Fsp3) is 0.0154. The third-order valence-electron chi connectivity index (χ3n) is 14.5. The van der Waals surface area contributed by atoms with Crippen LogP contribution < -0.4 is 9.80 Å². The predicted molar refractivity (Wildman–Crippen MR) is 284 cm³/mol. The van der Waals surface area contributed by atoms with Gasteiger partial charge in [-0.1, -0.05) is 182 Å². The van der Waals surface area contributed by atoms with E-state index >= 15 is 0 Å². The second-order valence-corrected chi connectivity index (χ2v) is 18.0. The van der Waals surface area contributed by atoms with Crippen molar-refractivity contribution >= 4 is 66.7 Å². The highest BCUT2D eigenvalue weighted by molar-refractivity contribution is 6.11. The van der Waals surface area contributed by atoms with Gasteiger partial charge in [-0.05, 0) is 123 Å². The summed E-state index contributed by atoms with van der Waals surface area (Å²) in [4.78, 5) is 4.94. The molecule has 12 aromatic rings. The Labute approximate surface area is 395 Å². The molecule has 0 aliphatic heterocycles. The van der Waals surface area contributed by atoms with Gasteiger partial charge in [-0.3, -0.25) is 0 Å². The Balaban J connectivity index is 1.04. The maximum Gasteiger partial charge on any atom is 0.0746 e. The zero-order valence-corrected chi connectivity index (χ0v) is 37.2. The van der Waals surface area contributed by atoms with Crippen molar-refractivity contribution in [1.29, 1.82) is 0 Å². The fourth-order valence-electron chi connectivity index (χ4n) is 11.9. The zero-order chi connectivity index (χ0) is 44.8. The highest BCUT2D eigenvalue weighted by Crippen LogP contribution is 2.66. The molecule has 0 amide bonds. The van der Waals surface area contributed by atoms with Gasteiger partial charge >= 0.3 is 0 Å². The second kappa shape index (κ2) is 15.1. The molecule has 1 unspecified atom stereocenters. The fourth-order valence-corrected chi connectivity index (χ4v) is 11.9. The number of hydrogen-bond donors (Lipinski definition) is 0. The van der Waals surface area contributed by atoms with Crippen molar-refractivity contribution < 1.29 is 0 Å². The quantitative estimate of drug-likeness (QED) is 0.158. The number of hydrogen-bond acceptors (Lipinski definition) is 2. The Morgan fingerprint density at radius 2 is 0.794 bits per heavy atom. The molecular formula is C65H43N3. The molecule has 318 valence electrons. The molecule has 1 heterocycles. The molecule has 11 aromatic carbocycles. The number of nitrogens with zero attached hydrogens (tertiary/aromatic N) is 3. The molecule has 0 saturated heterocycles. The lowest BCUT2D eigenvalue weighted by Crippen LogP contribution is -2.28. The van der Waals surface area contributed by atoms with Gasteiger partial charge in [0, 0.05) is 50.2 Å². The summed E-state index contributed by atoms with van der Waals surface area (Å²) < 4.78 is 2.42. The van der Waals surface area contributed by atoms with Crippen LogP contribution >= 0.6 is 0 Å². The average Bonchev–Trinajstić information content (AvgIpc) is 4.01. The van der Waals surface area contributed by atoms with Crippen LogP contribution in [0.15, 0.2) is 261 Å². The molecule has 0 radical (unpaired) electrons. The first-order valence-electron chi connectivity index (χ1n) is 23.5. The van der Waals surface area contributed by atoms with Crippen molar-refractivity contribution in [2.24, 2.45) is 0 Å². The average molecular weight is 866 g/mol. The Hall–Kier alpha value is -8.92. The lowest BCUT2D eigenvalue weighted by molar-refractivity contribution is 0.793. The van der Waals surface area contributed by atoms with Crippen LogP contribution in [0.2, 0.25) is 0 Å². The molecule has 3 heteroatoms. The maximum atomic E-state index is 2.48. The van der Waals surface area contributed by atoms with Crippen LogP contribution in [0.25, 0.3) is 60.5 Å². The lowest BCUT2D eigenvalue weighted by atomic mass is 9.70. The largest absolute Gasteiger partial charge is 0.310 e. The van der Waals surface area contributed by atoms with Crippen molar-refractivity contribution in [2.45, 2.75) is 5.41 Å². The van der Waals surface area contributed by atoms with E-state index in [1.54, 1.807) is 0 Å². The van der Waals surface area contributed by atoms with Gasteiger partial charge in [0.15, 0.2) is 0 Å². The third-order valence-corrected chi connectivity index (χ3v) is 14.5. The maximum absolute atomic E-state index is 2.48. The molecule has 1 spiro atoms. The molecule has 0 saturated carbocycles. The van der Waals surface area contributed by atoms with E-state index < -0.39 is 5.41 Å². The van der Waals surface area contributed by atoms with Crippen molar-refractivity contribution in [2.75, 3.05) is 9.80 Å². The summed E-state index contributed by atoms with van der Waals surface area (Å²) in [7, 11) is 0.